The van der Waals surface area contributed by atoms with Crippen LogP contribution in [-0.4, -0.2) is 78.1 Å². The number of aliphatic hydroxyl groups excluding tert-OH is 1. The predicted molar refractivity (Wildman–Crippen MR) is 107 cm³/mol. The number of β-amino-alcohol motifs (C(OH)–C–C–N with tert-alkyl or cyclic N) is 1. The first-order chi connectivity index (χ1) is 12.7. The number of rotatable bonds is 6. The number of aliphatic hydroxyl groups is 1. The van der Waals surface area contributed by atoms with Gasteiger partial charge in [-0.3, -0.25) is 0 Å². The van der Waals surface area contributed by atoms with Crippen LogP contribution in [0.4, 0.5) is 5.95 Å². The predicted octanol–water partition coefficient (Wildman–Crippen LogP) is 0.916. The Kier molecular flexibility index (Phi) is 6.10. The summed E-state index contributed by atoms with van der Waals surface area (Å²) in [5, 5.41) is 9.15. The lowest BCUT2D eigenvalue weighted by Crippen LogP contribution is -2.41. The lowest BCUT2D eigenvalue weighted by Gasteiger charge is -2.34. The third kappa shape index (κ3) is 4.62. The van der Waals surface area contributed by atoms with Gasteiger partial charge in [0.25, 0.3) is 0 Å². The Morgan fingerprint density at radius 2 is 1.85 bits per heavy atom. The summed E-state index contributed by atoms with van der Waals surface area (Å²) in [6.07, 6.45) is 6.00. The highest BCUT2D eigenvalue weighted by atomic mass is 16.7. The molecule has 150 valence electrons. The van der Waals surface area contributed by atoms with Gasteiger partial charge in [-0.1, -0.05) is 0 Å². The summed E-state index contributed by atoms with van der Waals surface area (Å²) < 4.78 is 12.1. The van der Waals surface area contributed by atoms with E-state index in [1.54, 1.807) is 12.4 Å². The van der Waals surface area contributed by atoms with Gasteiger partial charge in [0.05, 0.1) is 17.8 Å². The van der Waals surface area contributed by atoms with Crippen molar-refractivity contribution in [2.45, 2.75) is 51.7 Å². The van der Waals surface area contributed by atoms with Crippen LogP contribution < -0.4 is 10.4 Å². The van der Waals surface area contributed by atoms with E-state index in [2.05, 4.69) is 19.8 Å². The average molecular weight is 376 g/mol. The first-order valence-corrected chi connectivity index (χ1v) is 9.94. The van der Waals surface area contributed by atoms with Crippen molar-refractivity contribution in [2.75, 3.05) is 44.7 Å². The number of hydrogen-bond donors (Lipinski definition) is 1. The molecular weight excluding hydrogens is 343 g/mol. The summed E-state index contributed by atoms with van der Waals surface area (Å²) in [5.41, 5.74) is 0.112. The van der Waals surface area contributed by atoms with E-state index >= 15 is 0 Å². The number of piperidine rings is 1. The third-order valence-electron chi connectivity index (χ3n) is 6.08. The first kappa shape index (κ1) is 20.5. The van der Waals surface area contributed by atoms with Crippen LogP contribution in [0.25, 0.3) is 0 Å². The van der Waals surface area contributed by atoms with Gasteiger partial charge in [-0.05, 0) is 53.0 Å². The van der Waals surface area contributed by atoms with Crippen molar-refractivity contribution in [1.82, 2.24) is 14.9 Å². The molecule has 1 aromatic heterocycles. The SMILES string of the molecule is CN(C[C@@H]1CCCN(CCO)C1)c1ncc(B2OC(C)(C)C(C)(C)O2)cn1. The number of anilines is 1. The molecule has 1 aromatic rings. The molecule has 1 atom stereocenters. The lowest BCUT2D eigenvalue weighted by molar-refractivity contribution is 0.00578. The minimum Gasteiger partial charge on any atom is -0.399 e. The quantitative estimate of drug-likeness (QED) is 0.741. The second-order valence-electron chi connectivity index (χ2n) is 8.82. The van der Waals surface area contributed by atoms with Crippen molar-refractivity contribution in [3.63, 3.8) is 0 Å². The van der Waals surface area contributed by atoms with Crippen LogP contribution in [0.3, 0.4) is 0 Å². The fourth-order valence-corrected chi connectivity index (χ4v) is 3.74. The van der Waals surface area contributed by atoms with Crippen LogP contribution in [0.1, 0.15) is 40.5 Å². The molecule has 7 nitrogen and oxygen atoms in total. The number of nitrogens with zero attached hydrogens (tertiary/aromatic N) is 4. The Morgan fingerprint density at radius 3 is 2.44 bits per heavy atom. The van der Waals surface area contributed by atoms with Gasteiger partial charge in [0.2, 0.25) is 5.95 Å². The maximum Gasteiger partial charge on any atom is 0.498 e. The average Bonchev–Trinajstić information content (AvgIpc) is 2.83. The maximum absolute atomic E-state index is 9.15. The zero-order valence-electron chi connectivity index (χ0n) is 17.3. The molecular formula is C19H33BN4O3. The van der Waals surface area contributed by atoms with Crippen molar-refractivity contribution in [1.29, 1.82) is 0 Å². The highest BCUT2D eigenvalue weighted by Crippen LogP contribution is 2.36. The highest BCUT2D eigenvalue weighted by molar-refractivity contribution is 6.61. The van der Waals surface area contributed by atoms with Gasteiger partial charge in [0, 0.05) is 44.5 Å². The van der Waals surface area contributed by atoms with Gasteiger partial charge in [0.15, 0.2) is 0 Å². The maximum atomic E-state index is 9.15. The molecule has 1 N–H and O–H groups in total. The first-order valence-electron chi connectivity index (χ1n) is 9.94. The molecule has 2 saturated heterocycles. The zero-order chi connectivity index (χ0) is 19.7. The number of aromatic nitrogens is 2. The molecule has 27 heavy (non-hydrogen) atoms. The minimum absolute atomic E-state index is 0.228. The third-order valence-corrected chi connectivity index (χ3v) is 6.08. The van der Waals surface area contributed by atoms with E-state index in [1.807, 2.05) is 34.7 Å². The molecule has 3 rings (SSSR count). The molecule has 8 heteroatoms. The van der Waals surface area contributed by atoms with Crippen LogP contribution in [0.5, 0.6) is 0 Å². The molecule has 0 saturated carbocycles. The van der Waals surface area contributed by atoms with Gasteiger partial charge in [-0.15, -0.1) is 0 Å². The molecule has 0 radical (unpaired) electrons. The largest absolute Gasteiger partial charge is 0.498 e. The van der Waals surface area contributed by atoms with Gasteiger partial charge >= 0.3 is 7.12 Å². The second-order valence-corrected chi connectivity index (χ2v) is 8.82. The Labute approximate surface area is 163 Å². The van der Waals surface area contributed by atoms with Crippen LogP contribution in [0.15, 0.2) is 12.4 Å². The van der Waals surface area contributed by atoms with Crippen molar-refractivity contribution >= 4 is 18.5 Å². The fourth-order valence-electron chi connectivity index (χ4n) is 3.74. The molecule has 0 aliphatic carbocycles. The van der Waals surface area contributed by atoms with Crippen LogP contribution in [0, 0.1) is 5.92 Å². The van der Waals surface area contributed by atoms with Crippen molar-refractivity contribution in [3.8, 4) is 0 Å². The van der Waals surface area contributed by atoms with Crippen LogP contribution in [-0.2, 0) is 9.31 Å². The lowest BCUT2D eigenvalue weighted by atomic mass is 9.81. The molecule has 0 aromatic carbocycles. The van der Waals surface area contributed by atoms with E-state index < -0.39 is 7.12 Å². The van der Waals surface area contributed by atoms with E-state index in [0.717, 1.165) is 37.6 Å². The molecule has 0 unspecified atom stereocenters. The van der Waals surface area contributed by atoms with E-state index in [-0.39, 0.29) is 17.8 Å². The van der Waals surface area contributed by atoms with Crippen LogP contribution >= 0.6 is 0 Å². The summed E-state index contributed by atoms with van der Waals surface area (Å²) >= 11 is 0. The topological polar surface area (TPSA) is 71.0 Å². The summed E-state index contributed by atoms with van der Waals surface area (Å²) in [6, 6.07) is 0. The van der Waals surface area contributed by atoms with Crippen molar-refractivity contribution in [3.05, 3.63) is 12.4 Å². The van der Waals surface area contributed by atoms with Gasteiger partial charge in [-0.25, -0.2) is 9.97 Å². The molecule has 0 amide bonds. The monoisotopic (exact) mass is 376 g/mol. The Hall–Kier alpha value is -1.22. The molecule has 3 heterocycles. The Morgan fingerprint density at radius 1 is 1.22 bits per heavy atom. The molecule has 0 spiro atoms. The Balaban J connectivity index is 1.59. The Bertz CT molecular complexity index is 608. The van der Waals surface area contributed by atoms with E-state index in [4.69, 9.17) is 14.4 Å². The summed E-state index contributed by atoms with van der Waals surface area (Å²) in [4.78, 5) is 13.5. The normalized spacial score (nSPS) is 25.0. The highest BCUT2D eigenvalue weighted by Gasteiger charge is 2.51. The van der Waals surface area contributed by atoms with Crippen molar-refractivity contribution < 1.29 is 14.4 Å². The fraction of sp³-hybridized carbons (Fsp3) is 0.789. The number of likely N-dealkylation sites (tertiary alicyclic amines) is 1. The summed E-state index contributed by atoms with van der Waals surface area (Å²) in [6.45, 7) is 12.2. The van der Waals surface area contributed by atoms with E-state index in [0.29, 0.717) is 5.92 Å². The molecule has 2 fully saturated rings. The molecule has 0 bridgehead atoms. The van der Waals surface area contributed by atoms with Gasteiger partial charge in [-0.2, -0.15) is 0 Å². The molecule has 2 aliphatic heterocycles. The molecule has 2 aliphatic rings. The standard InChI is InChI=1S/C19H33BN4O3/c1-18(2)19(3,4)27-20(26-18)16-11-21-17(22-12-16)23(5)13-15-7-6-8-24(14-15)9-10-25/h11-12,15,25H,6-10,13-14H2,1-5H3/t15-/m0/s1. The summed E-state index contributed by atoms with van der Waals surface area (Å²) in [5.74, 6) is 1.29. The van der Waals surface area contributed by atoms with Gasteiger partial charge < -0.3 is 24.2 Å². The second kappa shape index (κ2) is 8.03. The number of hydrogen-bond acceptors (Lipinski definition) is 7. The minimum atomic E-state index is -0.431. The van der Waals surface area contributed by atoms with Crippen molar-refractivity contribution in [2.24, 2.45) is 5.92 Å². The van der Waals surface area contributed by atoms with Gasteiger partial charge in [0.1, 0.15) is 0 Å². The van der Waals surface area contributed by atoms with Crippen LogP contribution in [0.2, 0.25) is 0 Å². The van der Waals surface area contributed by atoms with E-state index in [9.17, 15) is 0 Å². The smallest absolute Gasteiger partial charge is 0.399 e. The zero-order valence-corrected chi connectivity index (χ0v) is 17.3. The van der Waals surface area contributed by atoms with E-state index in [1.165, 1.54) is 12.8 Å². The summed E-state index contributed by atoms with van der Waals surface area (Å²) in [7, 11) is 1.61.